The Bertz CT molecular complexity index is 74.0. The van der Waals surface area contributed by atoms with Crippen LogP contribution in [0.25, 0.3) is 0 Å². The van der Waals surface area contributed by atoms with Crippen LogP contribution in [-0.4, -0.2) is 0 Å². The van der Waals surface area contributed by atoms with Crippen molar-refractivity contribution in [3.63, 3.8) is 0 Å². The molecule has 0 fully saturated rings. The van der Waals surface area contributed by atoms with Crippen molar-refractivity contribution in [2.24, 2.45) is 0 Å². The number of rotatable bonds is 11. The van der Waals surface area contributed by atoms with Crippen LogP contribution in [0.2, 0.25) is 0 Å². The smallest absolute Gasteiger partial charge is 0.0386 e. The van der Waals surface area contributed by atoms with Gasteiger partial charge in [0.25, 0.3) is 0 Å². The fourth-order valence-corrected chi connectivity index (χ4v) is 1.75. The quantitative estimate of drug-likeness (QED) is 0.382. The summed E-state index contributed by atoms with van der Waals surface area (Å²) in [4.78, 5) is 0. The summed E-state index contributed by atoms with van der Waals surface area (Å²) in [5.41, 5.74) is 0. The van der Waals surface area contributed by atoms with Crippen molar-refractivity contribution in [2.75, 3.05) is 0 Å². The summed E-state index contributed by atoms with van der Waals surface area (Å²) in [6.45, 7) is 4.55. The largest absolute Gasteiger partial charge is 0.0654 e. The van der Waals surface area contributed by atoms with E-state index in [1.54, 1.807) is 0 Å². The lowest BCUT2D eigenvalue weighted by atomic mass is 10.1. The first-order valence-corrected chi connectivity index (χ1v) is 6.73. The molecule has 0 unspecified atom stereocenters. The third-order valence-corrected chi connectivity index (χ3v) is 2.77. The summed E-state index contributed by atoms with van der Waals surface area (Å²) in [5, 5.41) is 0. The van der Waals surface area contributed by atoms with Crippen molar-refractivity contribution in [2.45, 2.75) is 84.5 Å². The average Bonchev–Trinajstić information content (AvgIpc) is 2.21. The number of hydrogen-bond donors (Lipinski definition) is 0. The van der Waals surface area contributed by atoms with Crippen LogP contribution in [0.4, 0.5) is 0 Å². The van der Waals surface area contributed by atoms with Gasteiger partial charge in [0.2, 0.25) is 0 Å². The molecule has 0 aromatic heterocycles. The molecule has 14 heavy (non-hydrogen) atoms. The van der Waals surface area contributed by atoms with E-state index in [9.17, 15) is 0 Å². The van der Waals surface area contributed by atoms with Gasteiger partial charge in [-0.1, -0.05) is 84.5 Å². The van der Waals surface area contributed by atoms with Crippen molar-refractivity contribution in [3.05, 3.63) is 6.42 Å². The zero-order chi connectivity index (χ0) is 10.5. The molecule has 0 bridgehead atoms. The van der Waals surface area contributed by atoms with E-state index in [1.807, 2.05) is 0 Å². The second kappa shape index (κ2) is 13.0. The highest BCUT2D eigenvalue weighted by Gasteiger charge is 1.91. The second-order valence-electron chi connectivity index (χ2n) is 4.34. The monoisotopic (exact) mass is 197 g/mol. The van der Waals surface area contributed by atoms with Gasteiger partial charge in [0.1, 0.15) is 0 Å². The van der Waals surface area contributed by atoms with Crippen molar-refractivity contribution < 1.29 is 0 Å². The Morgan fingerprint density at radius 1 is 0.571 bits per heavy atom. The van der Waals surface area contributed by atoms with Crippen molar-refractivity contribution in [1.29, 1.82) is 0 Å². The third kappa shape index (κ3) is 12.0. The van der Waals surface area contributed by atoms with Gasteiger partial charge in [-0.15, -0.1) is 0 Å². The van der Waals surface area contributed by atoms with Gasteiger partial charge in [-0.3, -0.25) is 0 Å². The zero-order valence-electron chi connectivity index (χ0n) is 10.4. The van der Waals surface area contributed by atoms with Crippen LogP contribution in [-0.2, 0) is 0 Å². The summed E-state index contributed by atoms with van der Waals surface area (Å²) < 4.78 is 0. The molecule has 0 aliphatic rings. The van der Waals surface area contributed by atoms with Crippen LogP contribution in [0.15, 0.2) is 0 Å². The van der Waals surface area contributed by atoms with Crippen LogP contribution >= 0.6 is 0 Å². The molecular formula is C14H29. The standard InChI is InChI=1S/C14H29/c1-3-5-7-9-11-13-14-12-10-8-6-4-2/h11H,3-10,12-14H2,1-2H3. The predicted molar refractivity (Wildman–Crippen MR) is 66.4 cm³/mol. The first-order valence-electron chi connectivity index (χ1n) is 6.73. The highest BCUT2D eigenvalue weighted by Crippen LogP contribution is 2.10. The minimum absolute atomic E-state index is 1.35. The van der Waals surface area contributed by atoms with Crippen molar-refractivity contribution in [1.82, 2.24) is 0 Å². The maximum absolute atomic E-state index is 2.50. The van der Waals surface area contributed by atoms with Gasteiger partial charge < -0.3 is 0 Å². The van der Waals surface area contributed by atoms with Crippen LogP contribution in [0.1, 0.15) is 84.5 Å². The molecule has 0 heteroatoms. The highest BCUT2D eigenvalue weighted by atomic mass is 14.0. The Balaban J connectivity index is 2.78. The van der Waals surface area contributed by atoms with Crippen molar-refractivity contribution in [3.8, 4) is 0 Å². The van der Waals surface area contributed by atoms with E-state index >= 15 is 0 Å². The van der Waals surface area contributed by atoms with E-state index in [1.165, 1.54) is 70.6 Å². The van der Waals surface area contributed by atoms with Gasteiger partial charge in [0.05, 0.1) is 0 Å². The molecule has 0 nitrogen and oxygen atoms in total. The molecule has 0 atom stereocenters. The van der Waals surface area contributed by atoms with E-state index in [0.29, 0.717) is 0 Å². The molecule has 0 rings (SSSR count). The lowest BCUT2D eigenvalue weighted by molar-refractivity contribution is 0.595. The Morgan fingerprint density at radius 3 is 1.64 bits per heavy atom. The lowest BCUT2D eigenvalue weighted by Gasteiger charge is -2.01. The van der Waals surface area contributed by atoms with Gasteiger partial charge in [-0.25, -0.2) is 0 Å². The third-order valence-electron chi connectivity index (χ3n) is 2.77. The topological polar surface area (TPSA) is 0 Å². The SMILES string of the molecule is CCCCC[CH]CCCCCCCC. The molecule has 0 heterocycles. The van der Waals surface area contributed by atoms with Gasteiger partial charge in [0, 0.05) is 0 Å². The van der Waals surface area contributed by atoms with Gasteiger partial charge >= 0.3 is 0 Å². The average molecular weight is 197 g/mol. The minimum Gasteiger partial charge on any atom is -0.0654 e. The predicted octanol–water partition coefficient (Wildman–Crippen LogP) is 5.52. The summed E-state index contributed by atoms with van der Waals surface area (Å²) in [6.07, 6.45) is 17.9. The van der Waals surface area contributed by atoms with Crippen molar-refractivity contribution >= 4 is 0 Å². The molecule has 0 N–H and O–H groups in total. The molecule has 0 aromatic carbocycles. The molecule has 0 saturated heterocycles. The van der Waals surface area contributed by atoms with Gasteiger partial charge in [0.15, 0.2) is 0 Å². The summed E-state index contributed by atoms with van der Waals surface area (Å²) in [5.74, 6) is 0. The van der Waals surface area contributed by atoms with Crippen LogP contribution < -0.4 is 0 Å². The summed E-state index contributed by atoms with van der Waals surface area (Å²) in [7, 11) is 0. The molecule has 0 aromatic rings. The molecule has 0 saturated carbocycles. The van der Waals surface area contributed by atoms with E-state index in [2.05, 4.69) is 20.3 Å². The Kier molecular flexibility index (Phi) is 13.0. The first-order chi connectivity index (χ1) is 6.91. The maximum atomic E-state index is 2.50. The number of unbranched alkanes of at least 4 members (excludes halogenated alkanes) is 11. The Morgan fingerprint density at radius 2 is 1.00 bits per heavy atom. The molecule has 0 amide bonds. The maximum Gasteiger partial charge on any atom is -0.0386 e. The van der Waals surface area contributed by atoms with Gasteiger partial charge in [-0.05, 0) is 6.42 Å². The minimum atomic E-state index is 1.35. The van der Waals surface area contributed by atoms with E-state index in [0.717, 1.165) is 0 Å². The highest BCUT2D eigenvalue weighted by molar-refractivity contribution is 4.64. The van der Waals surface area contributed by atoms with Crippen LogP contribution in [0.3, 0.4) is 0 Å². The molecule has 1 radical (unpaired) electrons. The molecule has 0 spiro atoms. The normalized spacial score (nSPS) is 10.7. The zero-order valence-corrected chi connectivity index (χ0v) is 10.4. The fourth-order valence-electron chi connectivity index (χ4n) is 1.75. The molecular weight excluding hydrogens is 168 g/mol. The lowest BCUT2D eigenvalue weighted by Crippen LogP contribution is -1.82. The van der Waals surface area contributed by atoms with E-state index in [4.69, 9.17) is 0 Å². The summed E-state index contributed by atoms with van der Waals surface area (Å²) >= 11 is 0. The van der Waals surface area contributed by atoms with Crippen LogP contribution in [0.5, 0.6) is 0 Å². The van der Waals surface area contributed by atoms with Crippen LogP contribution in [0, 0.1) is 6.42 Å². The first kappa shape index (κ1) is 14.0. The van der Waals surface area contributed by atoms with E-state index in [-0.39, 0.29) is 0 Å². The second-order valence-corrected chi connectivity index (χ2v) is 4.34. The molecule has 85 valence electrons. The fraction of sp³-hybridized carbons (Fsp3) is 0.929. The Hall–Kier alpha value is 0. The number of hydrogen-bond acceptors (Lipinski definition) is 0. The molecule has 0 aliphatic heterocycles. The summed E-state index contributed by atoms with van der Waals surface area (Å²) in [6, 6.07) is 0. The van der Waals surface area contributed by atoms with E-state index < -0.39 is 0 Å². The van der Waals surface area contributed by atoms with Gasteiger partial charge in [-0.2, -0.15) is 0 Å². The molecule has 0 aliphatic carbocycles. The Labute approximate surface area is 91.5 Å².